The number of hydrogen-bond acceptors (Lipinski definition) is 6. The Balaban J connectivity index is 1.48. The van der Waals surface area contributed by atoms with Crippen molar-refractivity contribution in [1.29, 1.82) is 0 Å². The second kappa shape index (κ2) is 11.8. The lowest BCUT2D eigenvalue weighted by Gasteiger charge is -2.31. The minimum Gasteiger partial charge on any atom is -0.872 e. The highest BCUT2D eigenvalue weighted by Crippen LogP contribution is 2.21. The molecule has 1 heterocycles. The van der Waals surface area contributed by atoms with Gasteiger partial charge in [-0.05, 0) is 55.8 Å². The van der Waals surface area contributed by atoms with Gasteiger partial charge in [-0.3, -0.25) is 4.79 Å². The maximum absolute atomic E-state index is 12.8. The number of hydrogen-bond donors (Lipinski definition) is 2. The first-order chi connectivity index (χ1) is 16.2. The summed E-state index contributed by atoms with van der Waals surface area (Å²) in [5.41, 5.74) is 3.72. The molecule has 0 saturated carbocycles. The number of nitrogens with zero attached hydrogens (tertiary/aromatic N) is 3. The number of halogens is 1. The van der Waals surface area contributed by atoms with Gasteiger partial charge in [-0.2, -0.15) is 9.41 Å². The van der Waals surface area contributed by atoms with E-state index in [9.17, 15) is 18.3 Å². The topological polar surface area (TPSA) is 110 Å². The number of sulfonamides is 1. The largest absolute Gasteiger partial charge is 0.872 e. The quantitative estimate of drug-likeness (QED) is 0.346. The summed E-state index contributed by atoms with van der Waals surface area (Å²) in [6, 6.07) is 11.7. The molecule has 1 saturated heterocycles. The Morgan fingerprint density at radius 2 is 1.82 bits per heavy atom. The van der Waals surface area contributed by atoms with Crippen molar-refractivity contribution in [3.8, 4) is 5.75 Å². The highest BCUT2D eigenvalue weighted by atomic mass is 79.9. The van der Waals surface area contributed by atoms with Crippen molar-refractivity contribution in [2.24, 2.45) is 5.10 Å². The lowest BCUT2D eigenvalue weighted by Crippen LogP contribution is -3.15. The number of rotatable bonds is 9. The van der Waals surface area contributed by atoms with Gasteiger partial charge in [0.2, 0.25) is 10.0 Å². The van der Waals surface area contributed by atoms with Crippen molar-refractivity contribution in [1.82, 2.24) is 9.73 Å². The fraction of sp³-hybridized carbons (Fsp3) is 0.391. The van der Waals surface area contributed by atoms with Crippen LogP contribution in [0, 0.1) is 0 Å². The Bertz CT molecular complexity index is 1110. The minimum atomic E-state index is -3.55. The van der Waals surface area contributed by atoms with Gasteiger partial charge in [-0.1, -0.05) is 27.7 Å². The monoisotopic (exact) mass is 551 g/mol. The molecule has 1 amide bonds. The number of anilines is 1. The van der Waals surface area contributed by atoms with Crippen LogP contribution >= 0.6 is 15.9 Å². The standard InChI is InChI=1S/C23H30BrN5O4S/c1-3-28(4-2)20-8-5-18(22(30)15-20)16-25-26-23(31)17-27-11-13-29(14-12-27)34(32,33)21-9-6-19(24)7-10-21/h5-10,15-16,30H,3-4,11-14,17H2,1-2H3,(H,26,31). The van der Waals surface area contributed by atoms with E-state index in [4.69, 9.17) is 0 Å². The van der Waals surface area contributed by atoms with Crippen molar-refractivity contribution in [2.45, 2.75) is 18.7 Å². The lowest BCUT2D eigenvalue weighted by molar-refractivity contribution is -0.895. The van der Waals surface area contributed by atoms with Gasteiger partial charge in [-0.15, -0.1) is 0 Å². The van der Waals surface area contributed by atoms with Crippen LogP contribution in [0.3, 0.4) is 0 Å². The summed E-state index contributed by atoms with van der Waals surface area (Å²) in [5.74, 6) is -0.446. The molecule has 11 heteroatoms. The van der Waals surface area contributed by atoms with Gasteiger partial charge in [0.15, 0.2) is 6.54 Å². The van der Waals surface area contributed by atoms with Gasteiger partial charge in [0.25, 0.3) is 5.91 Å². The average Bonchev–Trinajstić information content (AvgIpc) is 2.82. The molecule has 3 rings (SSSR count). The second-order valence-corrected chi connectivity index (χ2v) is 10.8. The van der Waals surface area contributed by atoms with E-state index in [-0.39, 0.29) is 23.1 Å². The van der Waals surface area contributed by atoms with E-state index in [2.05, 4.69) is 31.4 Å². The van der Waals surface area contributed by atoms with Crippen LogP contribution in [0.15, 0.2) is 56.9 Å². The SMILES string of the molecule is CCN(CC)c1ccc(C=NNC(=O)C[NH+]2CCN(S(=O)(=O)c3ccc(Br)cc3)CC2)c([O-])c1. The fourth-order valence-corrected chi connectivity index (χ4v) is 5.54. The van der Waals surface area contributed by atoms with E-state index < -0.39 is 10.0 Å². The van der Waals surface area contributed by atoms with E-state index in [1.54, 1.807) is 36.4 Å². The smallest absolute Gasteiger partial charge is 0.295 e. The maximum atomic E-state index is 12.8. The third-order valence-electron chi connectivity index (χ3n) is 5.81. The molecule has 0 unspecified atom stereocenters. The summed E-state index contributed by atoms with van der Waals surface area (Å²) < 4.78 is 27.9. The number of carbonyl (C=O) groups is 1. The third-order valence-corrected chi connectivity index (χ3v) is 8.25. The minimum absolute atomic E-state index is 0.156. The van der Waals surface area contributed by atoms with Crippen LogP contribution in [0.1, 0.15) is 19.4 Å². The van der Waals surface area contributed by atoms with Gasteiger partial charge in [-0.25, -0.2) is 13.8 Å². The molecule has 0 spiro atoms. The molecule has 2 N–H and O–H groups in total. The molecule has 184 valence electrons. The van der Waals surface area contributed by atoms with Gasteiger partial charge in [0.05, 0.1) is 37.3 Å². The Kier molecular flexibility index (Phi) is 9.06. The molecule has 0 aliphatic carbocycles. The van der Waals surface area contributed by atoms with Crippen molar-refractivity contribution >= 4 is 43.8 Å². The predicted octanol–water partition coefficient (Wildman–Crippen LogP) is 0.408. The summed E-state index contributed by atoms with van der Waals surface area (Å²) in [6.45, 7) is 7.57. The molecular formula is C23H30BrN5O4S. The highest BCUT2D eigenvalue weighted by molar-refractivity contribution is 9.10. The summed E-state index contributed by atoms with van der Waals surface area (Å²) in [7, 11) is -3.55. The summed E-state index contributed by atoms with van der Waals surface area (Å²) in [4.78, 5) is 15.6. The summed E-state index contributed by atoms with van der Waals surface area (Å²) in [6.07, 6.45) is 1.35. The Labute approximate surface area is 209 Å². The van der Waals surface area contributed by atoms with Crippen LogP contribution in [0.2, 0.25) is 0 Å². The Hall–Kier alpha value is -2.47. The molecule has 9 nitrogen and oxygen atoms in total. The van der Waals surface area contributed by atoms with E-state index in [0.29, 0.717) is 31.7 Å². The highest BCUT2D eigenvalue weighted by Gasteiger charge is 2.31. The van der Waals surface area contributed by atoms with Gasteiger partial charge < -0.3 is 14.9 Å². The van der Waals surface area contributed by atoms with Gasteiger partial charge >= 0.3 is 0 Å². The van der Waals surface area contributed by atoms with Gasteiger partial charge in [0, 0.05) is 23.2 Å². The molecule has 1 aliphatic heterocycles. The van der Waals surface area contributed by atoms with Crippen molar-refractivity contribution in [3.63, 3.8) is 0 Å². The lowest BCUT2D eigenvalue weighted by atomic mass is 10.2. The van der Waals surface area contributed by atoms with Crippen LogP contribution < -0.4 is 20.3 Å². The van der Waals surface area contributed by atoms with Crippen molar-refractivity contribution < 1.29 is 23.2 Å². The molecule has 2 aromatic rings. The summed E-state index contributed by atoms with van der Waals surface area (Å²) in [5, 5.41) is 16.2. The fourth-order valence-electron chi connectivity index (χ4n) is 3.83. The zero-order valence-electron chi connectivity index (χ0n) is 19.3. The third kappa shape index (κ3) is 6.56. The van der Waals surface area contributed by atoms with Crippen LogP contribution in [0.25, 0.3) is 0 Å². The number of hydrazone groups is 1. The molecule has 0 bridgehead atoms. The number of benzene rings is 2. The Morgan fingerprint density at radius 3 is 2.41 bits per heavy atom. The van der Waals surface area contributed by atoms with Crippen molar-refractivity contribution in [2.75, 3.05) is 50.7 Å². The molecule has 34 heavy (non-hydrogen) atoms. The number of quaternary nitrogens is 1. The number of piperazine rings is 1. The van der Waals surface area contributed by atoms with Gasteiger partial charge in [0.1, 0.15) is 0 Å². The van der Waals surface area contributed by atoms with Crippen molar-refractivity contribution in [3.05, 3.63) is 52.5 Å². The number of nitrogens with one attached hydrogen (secondary N) is 2. The normalized spacial score (nSPS) is 15.5. The number of amides is 1. The van der Waals surface area contributed by atoms with E-state index in [1.165, 1.54) is 10.5 Å². The molecule has 1 aliphatic rings. The van der Waals surface area contributed by atoms with E-state index in [1.807, 2.05) is 19.9 Å². The Morgan fingerprint density at radius 1 is 1.18 bits per heavy atom. The zero-order valence-corrected chi connectivity index (χ0v) is 21.7. The van der Waals surface area contributed by atoms with Crippen LogP contribution in [-0.2, 0) is 14.8 Å². The van der Waals surface area contributed by atoms with Crippen LogP contribution in [-0.4, -0.2) is 70.7 Å². The molecule has 0 aromatic heterocycles. The summed E-state index contributed by atoms with van der Waals surface area (Å²) >= 11 is 3.31. The number of carbonyl (C=O) groups excluding carboxylic acids is 1. The first kappa shape index (κ1) is 26.1. The molecular weight excluding hydrogens is 522 g/mol. The average molecular weight is 552 g/mol. The first-order valence-electron chi connectivity index (χ1n) is 11.2. The molecule has 1 fully saturated rings. The molecule has 2 aromatic carbocycles. The van der Waals surface area contributed by atoms with Crippen LogP contribution in [0.4, 0.5) is 5.69 Å². The predicted molar refractivity (Wildman–Crippen MR) is 134 cm³/mol. The molecule has 0 radical (unpaired) electrons. The zero-order chi connectivity index (χ0) is 24.7. The van der Waals surface area contributed by atoms with Crippen LogP contribution in [0.5, 0.6) is 5.75 Å². The van der Waals surface area contributed by atoms with E-state index >= 15 is 0 Å². The first-order valence-corrected chi connectivity index (χ1v) is 13.4. The maximum Gasteiger partial charge on any atom is 0.295 e. The second-order valence-electron chi connectivity index (χ2n) is 7.97. The molecule has 0 atom stereocenters. The van der Waals surface area contributed by atoms with E-state index in [0.717, 1.165) is 28.1 Å².